The van der Waals surface area contributed by atoms with Crippen molar-refractivity contribution in [3.05, 3.63) is 20.3 Å². The molecule has 0 saturated carbocycles. The molecular weight excluding hydrogens is 289 g/mol. The van der Waals surface area contributed by atoms with E-state index in [-0.39, 0.29) is 17.6 Å². The van der Waals surface area contributed by atoms with E-state index in [2.05, 4.69) is 26.1 Å². The van der Waals surface area contributed by atoms with Crippen LogP contribution in [0.25, 0.3) is 0 Å². The second-order valence-electron chi connectivity index (χ2n) is 5.83. The first kappa shape index (κ1) is 16.3. The van der Waals surface area contributed by atoms with Gasteiger partial charge in [0.2, 0.25) is 0 Å². The van der Waals surface area contributed by atoms with Gasteiger partial charge in [-0.3, -0.25) is 0 Å². The fraction of sp³-hybridized carbons (Fsp3) is 0.692. The first-order valence-electron chi connectivity index (χ1n) is 6.05. The van der Waals surface area contributed by atoms with Crippen molar-refractivity contribution in [2.45, 2.75) is 46.3 Å². The molecule has 104 valence electrons. The van der Waals surface area contributed by atoms with Crippen LogP contribution < -0.4 is 5.32 Å². The molecule has 0 fully saturated rings. The van der Waals surface area contributed by atoms with E-state index < -0.39 is 0 Å². The highest BCUT2D eigenvalue weighted by Crippen LogP contribution is 2.34. The second kappa shape index (κ2) is 6.58. The van der Waals surface area contributed by atoms with Crippen molar-refractivity contribution in [3.63, 3.8) is 0 Å². The Morgan fingerprint density at radius 2 is 2.00 bits per heavy atom. The molecule has 2 nitrogen and oxygen atoms in total. The van der Waals surface area contributed by atoms with Crippen LogP contribution in [-0.2, 0) is 0 Å². The summed E-state index contributed by atoms with van der Waals surface area (Å²) in [5.74, 6) is 0. The Morgan fingerprint density at radius 1 is 1.39 bits per heavy atom. The summed E-state index contributed by atoms with van der Waals surface area (Å²) in [6.07, 6.45) is 0.422. The summed E-state index contributed by atoms with van der Waals surface area (Å²) in [6.45, 7) is 8.94. The normalized spacial score (nSPS) is 15.7. The molecular formula is C13H21Cl2NOS. The molecule has 0 spiro atoms. The molecule has 2 N–H and O–H groups in total. The van der Waals surface area contributed by atoms with Crippen LogP contribution in [0.3, 0.4) is 0 Å². The SMILES string of the molecule is CC(NCC(O)CC(C)(C)C)c1cc(Cl)sc1Cl. The highest BCUT2D eigenvalue weighted by molar-refractivity contribution is 7.20. The summed E-state index contributed by atoms with van der Waals surface area (Å²) in [7, 11) is 0. The molecule has 1 aromatic rings. The fourth-order valence-electron chi connectivity index (χ4n) is 1.85. The maximum atomic E-state index is 9.94. The van der Waals surface area contributed by atoms with E-state index in [1.54, 1.807) is 0 Å². The van der Waals surface area contributed by atoms with Crippen LogP contribution >= 0.6 is 34.5 Å². The number of hydrogen-bond acceptors (Lipinski definition) is 3. The number of rotatable bonds is 5. The third kappa shape index (κ3) is 5.45. The van der Waals surface area contributed by atoms with Crippen LogP contribution in [0.1, 0.15) is 45.7 Å². The maximum absolute atomic E-state index is 9.94. The van der Waals surface area contributed by atoms with E-state index in [1.165, 1.54) is 11.3 Å². The van der Waals surface area contributed by atoms with Crippen molar-refractivity contribution < 1.29 is 5.11 Å². The minimum absolute atomic E-state index is 0.0934. The summed E-state index contributed by atoms with van der Waals surface area (Å²) >= 11 is 13.4. The molecule has 2 atom stereocenters. The van der Waals surface area contributed by atoms with Gasteiger partial charge in [0, 0.05) is 12.6 Å². The summed E-state index contributed by atoms with van der Waals surface area (Å²) in [5.41, 5.74) is 1.13. The van der Waals surface area contributed by atoms with E-state index in [0.717, 1.165) is 12.0 Å². The molecule has 1 aromatic heterocycles. The van der Waals surface area contributed by atoms with Gasteiger partial charge in [0.1, 0.15) is 0 Å². The lowest BCUT2D eigenvalue weighted by Crippen LogP contribution is -2.31. The zero-order chi connectivity index (χ0) is 13.9. The Kier molecular flexibility index (Phi) is 5.94. The van der Waals surface area contributed by atoms with Gasteiger partial charge in [0.25, 0.3) is 0 Å². The molecule has 0 aliphatic heterocycles. The van der Waals surface area contributed by atoms with Crippen LogP contribution in [0.2, 0.25) is 8.67 Å². The zero-order valence-electron chi connectivity index (χ0n) is 11.3. The second-order valence-corrected chi connectivity index (χ2v) is 8.11. The van der Waals surface area contributed by atoms with Gasteiger partial charge in [-0.05, 0) is 30.4 Å². The number of halogens is 2. The predicted octanol–water partition coefficient (Wildman–Crippen LogP) is 4.50. The van der Waals surface area contributed by atoms with Gasteiger partial charge in [0.05, 0.1) is 14.8 Å². The van der Waals surface area contributed by atoms with Crippen LogP contribution in [-0.4, -0.2) is 17.8 Å². The van der Waals surface area contributed by atoms with E-state index in [4.69, 9.17) is 23.2 Å². The van der Waals surface area contributed by atoms with E-state index >= 15 is 0 Å². The van der Waals surface area contributed by atoms with Gasteiger partial charge >= 0.3 is 0 Å². The number of nitrogens with one attached hydrogen (secondary N) is 1. The van der Waals surface area contributed by atoms with Crippen molar-refractivity contribution in [3.8, 4) is 0 Å². The largest absolute Gasteiger partial charge is 0.392 e. The fourth-order valence-corrected chi connectivity index (χ4v) is 3.50. The Bertz CT molecular complexity index is 387. The smallest absolute Gasteiger partial charge is 0.0991 e. The van der Waals surface area contributed by atoms with Crippen molar-refractivity contribution in [2.75, 3.05) is 6.54 Å². The van der Waals surface area contributed by atoms with E-state index in [1.807, 2.05) is 13.0 Å². The van der Waals surface area contributed by atoms with Crippen molar-refractivity contribution in [1.82, 2.24) is 5.32 Å². The molecule has 0 aliphatic rings. The first-order valence-corrected chi connectivity index (χ1v) is 7.62. The Hall–Kier alpha value is 0.200. The van der Waals surface area contributed by atoms with Crippen LogP contribution in [0.5, 0.6) is 0 Å². The Labute approximate surface area is 123 Å². The van der Waals surface area contributed by atoms with E-state index in [9.17, 15) is 5.11 Å². The molecule has 5 heteroatoms. The van der Waals surface area contributed by atoms with E-state index in [0.29, 0.717) is 15.2 Å². The average Bonchev–Trinajstić information content (AvgIpc) is 2.52. The Morgan fingerprint density at radius 3 is 2.44 bits per heavy atom. The number of hydrogen-bond donors (Lipinski definition) is 2. The molecule has 0 radical (unpaired) electrons. The quantitative estimate of drug-likeness (QED) is 0.839. The highest BCUT2D eigenvalue weighted by atomic mass is 35.5. The van der Waals surface area contributed by atoms with Crippen LogP contribution in [0.15, 0.2) is 6.07 Å². The lowest BCUT2D eigenvalue weighted by atomic mass is 9.89. The van der Waals surface area contributed by atoms with Gasteiger partial charge in [-0.2, -0.15) is 0 Å². The van der Waals surface area contributed by atoms with Crippen molar-refractivity contribution in [1.29, 1.82) is 0 Å². The van der Waals surface area contributed by atoms with Crippen molar-refractivity contribution in [2.24, 2.45) is 5.41 Å². The molecule has 0 amide bonds. The molecule has 18 heavy (non-hydrogen) atoms. The molecule has 0 bridgehead atoms. The highest BCUT2D eigenvalue weighted by Gasteiger charge is 2.18. The summed E-state index contributed by atoms with van der Waals surface area (Å²) in [5, 5.41) is 13.2. The molecule has 1 rings (SSSR count). The molecule has 0 aliphatic carbocycles. The summed E-state index contributed by atoms with van der Waals surface area (Å²) in [6, 6.07) is 1.97. The van der Waals surface area contributed by atoms with Crippen LogP contribution in [0.4, 0.5) is 0 Å². The van der Waals surface area contributed by atoms with Gasteiger partial charge in [0.15, 0.2) is 0 Å². The summed E-state index contributed by atoms with van der Waals surface area (Å²) in [4.78, 5) is 0. The third-order valence-electron chi connectivity index (χ3n) is 2.66. The Balaban J connectivity index is 2.46. The van der Waals surface area contributed by atoms with Crippen molar-refractivity contribution >= 4 is 34.5 Å². The lowest BCUT2D eigenvalue weighted by molar-refractivity contribution is 0.117. The maximum Gasteiger partial charge on any atom is 0.0991 e. The van der Waals surface area contributed by atoms with Gasteiger partial charge in [-0.25, -0.2) is 0 Å². The van der Waals surface area contributed by atoms with Gasteiger partial charge in [-0.1, -0.05) is 44.0 Å². The number of aliphatic hydroxyl groups is 1. The minimum Gasteiger partial charge on any atom is -0.392 e. The summed E-state index contributed by atoms with van der Waals surface area (Å²) < 4.78 is 1.41. The molecule has 0 aromatic carbocycles. The van der Waals surface area contributed by atoms with Crippen LogP contribution in [0, 0.1) is 5.41 Å². The lowest BCUT2D eigenvalue weighted by Gasteiger charge is -2.24. The minimum atomic E-state index is -0.347. The first-order chi connectivity index (χ1) is 8.19. The monoisotopic (exact) mass is 309 g/mol. The molecule has 2 unspecified atom stereocenters. The average molecular weight is 310 g/mol. The zero-order valence-corrected chi connectivity index (χ0v) is 13.6. The molecule has 0 saturated heterocycles. The third-order valence-corrected chi connectivity index (χ3v) is 4.18. The van der Waals surface area contributed by atoms with Gasteiger partial charge < -0.3 is 10.4 Å². The topological polar surface area (TPSA) is 32.3 Å². The predicted molar refractivity (Wildman–Crippen MR) is 80.8 cm³/mol. The molecule has 1 heterocycles. The standard InChI is InChI=1S/C13H21Cl2NOS/c1-8(10-5-11(14)18-12(10)15)16-7-9(17)6-13(2,3)4/h5,8-9,16-17H,6-7H2,1-4H3. The number of aliphatic hydroxyl groups excluding tert-OH is 1. The van der Waals surface area contributed by atoms with Gasteiger partial charge in [-0.15, -0.1) is 11.3 Å². The number of thiophene rings is 1.